The Labute approximate surface area is 588 Å². The number of alkyl carbamates (subject to hydrolysis) is 1. The van der Waals surface area contributed by atoms with E-state index in [4.69, 9.17) is 28.1 Å². The van der Waals surface area contributed by atoms with Crippen molar-refractivity contribution < 1.29 is 100 Å². The molecular weight excluding hydrogens is 1330 g/mol. The van der Waals surface area contributed by atoms with Crippen molar-refractivity contribution in [2.24, 2.45) is 0 Å². The van der Waals surface area contributed by atoms with Gasteiger partial charge in [0, 0.05) is 92.1 Å². The molecule has 1 aliphatic rings. The lowest BCUT2D eigenvalue weighted by Gasteiger charge is -2.16. The SMILES string of the molecule is CCC(=O)C(=O)N(CC)CC.CNC(=O)OCc1cc(O)cc(OC)c1.COC(=O)Cc1cc2c(c([N+](=O)[O-])c1)N(C(C)=O)CC2.COC(=O)c1ccccc1C(=O)c1ccc(OC)cc1.COc1ccc(C(=O)COC(C)=O)cc1.COc1ccc2oc3c([N+](=O)[O-])c(C(C)C)ccc3c2c1. The van der Waals surface area contributed by atoms with E-state index in [2.05, 4.69) is 19.5 Å². The number of ether oxygens (including phenoxy) is 8. The number of nitro groups is 2. The van der Waals surface area contributed by atoms with Gasteiger partial charge in [-0.05, 0) is 134 Å². The Morgan fingerprint density at radius 1 is 0.647 bits per heavy atom. The summed E-state index contributed by atoms with van der Waals surface area (Å²) in [5.41, 5.74) is 5.35. The zero-order valence-electron chi connectivity index (χ0n) is 59.2. The number of carbonyl (C=O) groups excluding carboxylic acids is 9. The van der Waals surface area contributed by atoms with Gasteiger partial charge < -0.3 is 62.5 Å². The summed E-state index contributed by atoms with van der Waals surface area (Å²) in [7, 11) is 10.2. The standard InChI is InChI=1S/C16H15NO4.C16H14O4.C13H14N2O5.C11H12O4.C10H13NO4.C8H15NO2/c1-9(2)11-5-6-12-13-8-10(20-3)4-7-14(13)21-16(12)15(11)17(18)19;1-19-12-9-7-11(8-10-12)15(17)13-5-3-4-6-14(13)16(18)20-2;1-8(16)14-4-3-10-5-9(7-12(17)20-2)6-11(13(10)14)15(18)19;1-8(12)15-7-11(13)9-3-5-10(14-2)6-4-9;1-11-10(13)15-6-7-3-8(12)5-9(4-7)14-2;1-4-7(10)8(11)9(5-2)6-3/h4-9H,1-3H3;3-10H,1-2H3;5-6H,3-4,7H2,1-2H3;3-6H,7H2,1-2H3;3-5,12H,6H2,1-2H3,(H,11,13);4-6H2,1-3H3. The third-order valence-electron chi connectivity index (χ3n) is 15.0. The molecule has 9 rings (SSSR count). The smallest absolute Gasteiger partial charge is 0.407 e. The van der Waals surface area contributed by atoms with E-state index in [1.165, 1.54) is 70.2 Å². The van der Waals surface area contributed by atoms with Crippen LogP contribution in [0.25, 0.3) is 21.9 Å². The molecule has 102 heavy (non-hydrogen) atoms. The molecule has 28 nitrogen and oxygen atoms in total. The van der Waals surface area contributed by atoms with Crippen molar-refractivity contribution in [1.29, 1.82) is 0 Å². The van der Waals surface area contributed by atoms with Gasteiger partial charge in [-0.1, -0.05) is 51.1 Å². The average Bonchev–Trinajstić information content (AvgIpc) is 1.61. The van der Waals surface area contributed by atoms with Crippen LogP contribution in [0.1, 0.15) is 120 Å². The summed E-state index contributed by atoms with van der Waals surface area (Å²) < 4.78 is 44.6. The van der Waals surface area contributed by atoms with Crippen LogP contribution in [0.3, 0.4) is 0 Å². The van der Waals surface area contributed by atoms with E-state index in [0.717, 1.165) is 10.8 Å². The van der Waals surface area contributed by atoms with Gasteiger partial charge in [-0.15, -0.1) is 0 Å². The van der Waals surface area contributed by atoms with Gasteiger partial charge in [0.1, 0.15) is 46.6 Å². The summed E-state index contributed by atoms with van der Waals surface area (Å²) in [6, 6.07) is 36.7. The third-order valence-corrected chi connectivity index (χ3v) is 15.0. The Bertz CT molecular complexity index is 4270. The molecule has 7 aromatic carbocycles. The molecule has 28 heteroatoms. The minimum atomic E-state index is -0.527. The van der Waals surface area contributed by atoms with E-state index in [9.17, 15) is 68.5 Å². The lowest BCUT2D eigenvalue weighted by molar-refractivity contribution is -0.384. The molecule has 542 valence electrons. The van der Waals surface area contributed by atoms with Crippen molar-refractivity contribution in [1.82, 2.24) is 10.2 Å². The molecule has 1 aromatic heterocycles. The maximum Gasteiger partial charge on any atom is 0.407 e. The molecule has 2 heterocycles. The number of hydrogen-bond acceptors (Lipinski definition) is 23. The number of hydrogen-bond donors (Lipinski definition) is 2. The fourth-order valence-electron chi connectivity index (χ4n) is 9.78. The van der Waals surface area contributed by atoms with Gasteiger partial charge in [0.2, 0.25) is 17.3 Å². The largest absolute Gasteiger partial charge is 0.508 e. The Hall–Kier alpha value is -12.2. The number of benzene rings is 7. The number of phenols is 1. The zero-order valence-corrected chi connectivity index (χ0v) is 59.2. The van der Waals surface area contributed by atoms with Gasteiger partial charge in [0.05, 0.1) is 64.5 Å². The number of amides is 3. The summed E-state index contributed by atoms with van der Waals surface area (Å²) in [6.07, 6.45) is 0.308. The number of esters is 3. The number of anilines is 1. The first kappa shape index (κ1) is 82.2. The number of aromatic hydroxyl groups is 1. The van der Waals surface area contributed by atoms with Crippen molar-refractivity contribution in [3.63, 3.8) is 0 Å². The molecule has 0 aliphatic carbocycles. The molecule has 2 N–H and O–H groups in total. The molecule has 0 radical (unpaired) electrons. The van der Waals surface area contributed by atoms with Crippen molar-refractivity contribution >= 4 is 92.2 Å². The molecule has 3 amide bonds. The molecule has 0 saturated heterocycles. The van der Waals surface area contributed by atoms with Crippen molar-refractivity contribution in [2.45, 2.75) is 80.3 Å². The highest BCUT2D eigenvalue weighted by Crippen LogP contribution is 2.41. The second-order valence-electron chi connectivity index (χ2n) is 22.0. The van der Waals surface area contributed by atoms with E-state index in [1.807, 2.05) is 39.8 Å². The van der Waals surface area contributed by atoms with Crippen LogP contribution in [0.15, 0.2) is 138 Å². The third kappa shape index (κ3) is 23.5. The monoisotopic (exact) mass is 1410 g/mol. The minimum absolute atomic E-state index is 0.0231. The van der Waals surface area contributed by atoms with Crippen LogP contribution in [0.2, 0.25) is 0 Å². The fraction of sp³-hybridized carbons (Fsp3) is 0.311. The number of fused-ring (bicyclic) bond motifs is 4. The van der Waals surface area contributed by atoms with E-state index in [0.29, 0.717) is 111 Å². The number of phenolic OH excluding ortho intramolecular Hbond substituents is 1. The lowest BCUT2D eigenvalue weighted by Crippen LogP contribution is -2.35. The maximum atomic E-state index is 12.4. The van der Waals surface area contributed by atoms with Gasteiger partial charge in [0.25, 0.3) is 11.6 Å². The number of likely N-dealkylation sites (N-methyl/N-ethyl adjacent to an activating group) is 1. The number of furan rings is 1. The van der Waals surface area contributed by atoms with Crippen LogP contribution in [0.4, 0.5) is 21.9 Å². The molecular formula is C74H83N5O23. The van der Waals surface area contributed by atoms with Crippen molar-refractivity contribution in [3.05, 3.63) is 198 Å². The first-order chi connectivity index (χ1) is 48.6. The van der Waals surface area contributed by atoms with Gasteiger partial charge in [0.15, 0.2) is 18.2 Å². The number of nitrogens with zero attached hydrogens (tertiary/aromatic N) is 4. The summed E-state index contributed by atoms with van der Waals surface area (Å²) in [6.45, 7) is 13.4. The molecule has 8 aromatic rings. The van der Waals surface area contributed by atoms with E-state index in [1.54, 1.807) is 131 Å². The molecule has 1 aliphatic heterocycles. The fourth-order valence-corrected chi connectivity index (χ4v) is 9.78. The summed E-state index contributed by atoms with van der Waals surface area (Å²) in [5.74, 6) is -0.0872. The Morgan fingerprint density at radius 3 is 1.75 bits per heavy atom. The maximum absolute atomic E-state index is 12.4. The molecule has 0 fully saturated rings. The number of ketones is 3. The molecule has 0 bridgehead atoms. The normalized spacial score (nSPS) is 10.6. The summed E-state index contributed by atoms with van der Waals surface area (Å²) in [4.78, 5) is 126. The lowest BCUT2D eigenvalue weighted by atomic mass is 9.98. The van der Waals surface area contributed by atoms with Crippen LogP contribution in [0, 0.1) is 20.2 Å². The van der Waals surface area contributed by atoms with Crippen molar-refractivity contribution in [3.8, 4) is 28.7 Å². The number of carbonyl (C=O) groups is 9. The van der Waals surface area contributed by atoms with E-state index >= 15 is 0 Å². The minimum Gasteiger partial charge on any atom is -0.508 e. The van der Waals surface area contributed by atoms with Crippen LogP contribution < -0.4 is 29.2 Å². The zero-order chi connectivity index (χ0) is 75.9. The van der Waals surface area contributed by atoms with Crippen LogP contribution in [-0.4, -0.2) is 149 Å². The highest BCUT2D eigenvalue weighted by molar-refractivity contribution is 6.36. The topological polar surface area (TPSA) is 366 Å². The molecule has 0 spiro atoms. The Morgan fingerprint density at radius 2 is 1.24 bits per heavy atom. The average molecular weight is 1410 g/mol. The molecule has 0 atom stereocenters. The predicted molar refractivity (Wildman–Crippen MR) is 377 cm³/mol. The van der Waals surface area contributed by atoms with Gasteiger partial charge in [-0.3, -0.25) is 53.8 Å². The first-order valence-corrected chi connectivity index (χ1v) is 31.6. The Balaban J connectivity index is 0.000000263. The second kappa shape index (κ2) is 40.6. The highest BCUT2D eigenvalue weighted by atomic mass is 16.6. The quantitative estimate of drug-likeness (QED) is 0.0168. The Kier molecular flexibility index (Phi) is 32.7. The highest BCUT2D eigenvalue weighted by Gasteiger charge is 2.32. The molecule has 0 saturated carbocycles. The van der Waals surface area contributed by atoms with Crippen LogP contribution in [-0.2, 0) is 62.4 Å². The number of Topliss-reactive ketones (excluding diaryl/α,β-unsaturated/α-hetero) is 2. The summed E-state index contributed by atoms with van der Waals surface area (Å²) >= 11 is 0. The number of rotatable bonds is 21. The number of methoxy groups -OCH3 is 6. The predicted octanol–water partition coefficient (Wildman–Crippen LogP) is 12.1. The van der Waals surface area contributed by atoms with Gasteiger partial charge in [-0.25, -0.2) is 9.59 Å². The van der Waals surface area contributed by atoms with Crippen molar-refractivity contribution in [2.75, 3.05) is 80.8 Å². The summed E-state index contributed by atoms with van der Waals surface area (Å²) in [5, 5.41) is 35.8. The second-order valence-corrected chi connectivity index (χ2v) is 22.0. The van der Waals surface area contributed by atoms with Gasteiger partial charge in [-0.2, -0.15) is 0 Å². The van der Waals surface area contributed by atoms with Crippen LogP contribution in [0.5, 0.6) is 28.7 Å². The number of nitro benzene ring substituents is 2. The first-order valence-electron chi connectivity index (χ1n) is 31.6. The van der Waals surface area contributed by atoms with Gasteiger partial charge >= 0.3 is 29.7 Å². The van der Waals surface area contributed by atoms with E-state index < -0.39 is 28.9 Å². The van der Waals surface area contributed by atoms with Crippen LogP contribution >= 0.6 is 0 Å². The molecule has 0 unspecified atom stereocenters. The van der Waals surface area contributed by atoms with E-state index in [-0.39, 0.29) is 82.3 Å². The number of nitrogens with one attached hydrogen (secondary N) is 1.